The van der Waals surface area contributed by atoms with Gasteiger partial charge in [-0.15, -0.1) is 0 Å². The summed E-state index contributed by atoms with van der Waals surface area (Å²) in [6.45, 7) is 1.96. The van der Waals surface area contributed by atoms with Gasteiger partial charge < -0.3 is 15.2 Å². The normalized spacial score (nSPS) is 11.7. The summed E-state index contributed by atoms with van der Waals surface area (Å²) in [6, 6.07) is 3.90. The Bertz CT molecular complexity index is 473. The highest BCUT2D eigenvalue weighted by atomic mass is 16.6. The lowest BCUT2D eigenvalue weighted by Crippen LogP contribution is -2.26. The monoisotopic (exact) mass is 268 g/mol. The van der Waals surface area contributed by atoms with Crippen LogP contribution < -0.4 is 10.1 Å². The maximum Gasteiger partial charge on any atom is 0.310 e. The zero-order valence-electron chi connectivity index (χ0n) is 10.8. The van der Waals surface area contributed by atoms with Gasteiger partial charge in [-0.1, -0.05) is 0 Å². The number of nitro benzene ring substituents is 1. The molecule has 0 aromatic heterocycles. The largest absolute Gasteiger partial charge is 0.490 e. The zero-order valence-corrected chi connectivity index (χ0v) is 10.8. The molecule has 19 heavy (non-hydrogen) atoms. The highest BCUT2D eigenvalue weighted by Crippen LogP contribution is 2.27. The quantitative estimate of drug-likeness (QED) is 0.594. The second-order valence-corrected chi connectivity index (χ2v) is 4.04. The second-order valence-electron chi connectivity index (χ2n) is 4.04. The number of aliphatic hydroxyl groups is 1. The molecular weight excluding hydrogens is 252 g/mol. The molecule has 1 atom stereocenters. The standard InChI is InChI=1S/C12H16N2O5/c1-8(15)5-6-13-12(16)9-3-4-10(14(17)18)11(7-9)19-2/h3-4,7-8,15H,5-6H2,1-2H3,(H,13,16). The van der Waals surface area contributed by atoms with Crippen molar-refractivity contribution in [1.82, 2.24) is 5.32 Å². The number of nitrogens with zero attached hydrogens (tertiary/aromatic N) is 1. The van der Waals surface area contributed by atoms with Gasteiger partial charge in [-0.05, 0) is 19.4 Å². The molecule has 0 aliphatic carbocycles. The highest BCUT2D eigenvalue weighted by Gasteiger charge is 2.17. The van der Waals surface area contributed by atoms with Crippen molar-refractivity contribution in [3.63, 3.8) is 0 Å². The fourth-order valence-corrected chi connectivity index (χ4v) is 1.47. The van der Waals surface area contributed by atoms with Gasteiger partial charge in [0.15, 0.2) is 5.75 Å². The lowest BCUT2D eigenvalue weighted by atomic mass is 10.1. The van der Waals surface area contributed by atoms with E-state index in [0.717, 1.165) is 0 Å². The van der Waals surface area contributed by atoms with Crippen LogP contribution in [0.2, 0.25) is 0 Å². The molecule has 1 aromatic carbocycles. The maximum atomic E-state index is 11.8. The van der Waals surface area contributed by atoms with Crippen LogP contribution in [0.1, 0.15) is 23.7 Å². The van der Waals surface area contributed by atoms with Gasteiger partial charge in [0.25, 0.3) is 5.91 Å². The Morgan fingerprint density at radius 1 is 1.58 bits per heavy atom. The summed E-state index contributed by atoms with van der Waals surface area (Å²) in [5.74, 6) is -0.331. The minimum atomic E-state index is -0.575. The van der Waals surface area contributed by atoms with Gasteiger partial charge in [0.05, 0.1) is 18.1 Å². The third-order valence-electron chi connectivity index (χ3n) is 2.49. The molecule has 1 aromatic rings. The topological polar surface area (TPSA) is 102 Å². The van der Waals surface area contributed by atoms with Crippen molar-refractivity contribution in [3.8, 4) is 5.75 Å². The van der Waals surface area contributed by atoms with Crippen molar-refractivity contribution >= 4 is 11.6 Å². The SMILES string of the molecule is COc1cc(C(=O)NCCC(C)O)ccc1[N+](=O)[O-]. The van der Waals surface area contributed by atoms with Crippen molar-refractivity contribution in [1.29, 1.82) is 0 Å². The van der Waals surface area contributed by atoms with Crippen LogP contribution in [0.4, 0.5) is 5.69 Å². The first-order valence-corrected chi connectivity index (χ1v) is 5.74. The Kier molecular flexibility index (Phi) is 5.25. The summed E-state index contributed by atoms with van der Waals surface area (Å²) in [6.07, 6.45) is -0.0535. The number of nitrogens with one attached hydrogen (secondary N) is 1. The fourth-order valence-electron chi connectivity index (χ4n) is 1.47. The van der Waals surface area contributed by atoms with Crippen molar-refractivity contribution in [2.24, 2.45) is 0 Å². The van der Waals surface area contributed by atoms with Gasteiger partial charge in [0.1, 0.15) is 0 Å². The summed E-state index contributed by atoms with van der Waals surface area (Å²) in [7, 11) is 1.30. The van der Waals surface area contributed by atoms with E-state index < -0.39 is 11.0 Å². The molecule has 0 bridgehead atoms. The van der Waals surface area contributed by atoms with E-state index in [1.807, 2.05) is 0 Å². The maximum absolute atomic E-state index is 11.8. The van der Waals surface area contributed by atoms with Gasteiger partial charge in [0, 0.05) is 24.2 Å². The Morgan fingerprint density at radius 3 is 2.79 bits per heavy atom. The van der Waals surface area contributed by atoms with E-state index in [4.69, 9.17) is 9.84 Å². The number of aliphatic hydroxyl groups excluding tert-OH is 1. The van der Waals surface area contributed by atoms with E-state index in [2.05, 4.69) is 5.32 Å². The van der Waals surface area contributed by atoms with Crippen molar-refractivity contribution in [2.45, 2.75) is 19.4 Å². The molecule has 0 heterocycles. The first-order valence-electron chi connectivity index (χ1n) is 5.74. The average Bonchev–Trinajstić information content (AvgIpc) is 2.37. The van der Waals surface area contributed by atoms with E-state index in [-0.39, 0.29) is 22.9 Å². The summed E-state index contributed by atoms with van der Waals surface area (Å²) in [5, 5.41) is 22.4. The van der Waals surface area contributed by atoms with Crippen LogP contribution in [0.5, 0.6) is 5.75 Å². The smallest absolute Gasteiger partial charge is 0.310 e. The summed E-state index contributed by atoms with van der Waals surface area (Å²) in [4.78, 5) is 21.9. The Morgan fingerprint density at radius 2 is 2.26 bits per heavy atom. The molecule has 0 saturated heterocycles. The lowest BCUT2D eigenvalue weighted by molar-refractivity contribution is -0.385. The van der Waals surface area contributed by atoms with Crippen LogP contribution in [0.25, 0.3) is 0 Å². The predicted molar refractivity (Wildman–Crippen MR) is 68.3 cm³/mol. The number of amides is 1. The molecule has 1 amide bonds. The number of hydrogen-bond acceptors (Lipinski definition) is 5. The molecule has 0 aliphatic heterocycles. The fraction of sp³-hybridized carbons (Fsp3) is 0.417. The van der Waals surface area contributed by atoms with Gasteiger partial charge in [0.2, 0.25) is 0 Å². The number of nitro groups is 1. The molecule has 0 spiro atoms. The Hall–Kier alpha value is -2.15. The molecule has 7 heteroatoms. The van der Waals surface area contributed by atoms with Gasteiger partial charge >= 0.3 is 5.69 Å². The number of rotatable bonds is 6. The summed E-state index contributed by atoms with van der Waals surface area (Å²) >= 11 is 0. The average molecular weight is 268 g/mol. The van der Waals surface area contributed by atoms with E-state index in [1.54, 1.807) is 6.92 Å². The number of methoxy groups -OCH3 is 1. The number of hydrogen-bond donors (Lipinski definition) is 2. The van der Waals surface area contributed by atoms with Crippen LogP contribution in [-0.2, 0) is 0 Å². The number of ether oxygens (including phenoxy) is 1. The lowest BCUT2D eigenvalue weighted by Gasteiger charge is -2.08. The molecule has 0 saturated carbocycles. The van der Waals surface area contributed by atoms with Crippen molar-refractivity contribution in [2.75, 3.05) is 13.7 Å². The van der Waals surface area contributed by atoms with Gasteiger partial charge in [-0.3, -0.25) is 14.9 Å². The minimum absolute atomic E-state index is 0.0353. The molecule has 0 radical (unpaired) electrons. The summed E-state index contributed by atoms with van der Waals surface area (Å²) < 4.78 is 4.88. The van der Waals surface area contributed by atoms with E-state index in [9.17, 15) is 14.9 Å². The third kappa shape index (κ3) is 4.22. The van der Waals surface area contributed by atoms with Gasteiger partial charge in [-0.2, -0.15) is 0 Å². The van der Waals surface area contributed by atoms with Crippen LogP contribution in [0, 0.1) is 10.1 Å². The molecular formula is C12H16N2O5. The molecule has 104 valence electrons. The molecule has 1 rings (SSSR count). The number of benzene rings is 1. The highest BCUT2D eigenvalue weighted by molar-refractivity contribution is 5.95. The van der Waals surface area contributed by atoms with Crippen LogP contribution in [0.3, 0.4) is 0 Å². The Balaban J connectivity index is 2.78. The first kappa shape index (κ1) is 14.9. The van der Waals surface area contributed by atoms with Crippen LogP contribution in [-0.4, -0.2) is 35.7 Å². The number of carbonyl (C=O) groups is 1. The van der Waals surface area contributed by atoms with E-state index in [0.29, 0.717) is 13.0 Å². The molecule has 2 N–H and O–H groups in total. The van der Waals surface area contributed by atoms with Crippen molar-refractivity contribution in [3.05, 3.63) is 33.9 Å². The van der Waals surface area contributed by atoms with E-state index >= 15 is 0 Å². The van der Waals surface area contributed by atoms with Crippen LogP contribution >= 0.6 is 0 Å². The number of carbonyl (C=O) groups excluding carboxylic acids is 1. The third-order valence-corrected chi connectivity index (χ3v) is 2.49. The first-order chi connectivity index (χ1) is 8.95. The molecule has 0 fully saturated rings. The minimum Gasteiger partial charge on any atom is -0.490 e. The molecule has 1 unspecified atom stereocenters. The van der Waals surface area contributed by atoms with E-state index in [1.165, 1.54) is 25.3 Å². The predicted octanol–water partition coefficient (Wildman–Crippen LogP) is 1.10. The van der Waals surface area contributed by atoms with Crippen LogP contribution in [0.15, 0.2) is 18.2 Å². The molecule has 7 nitrogen and oxygen atoms in total. The molecule has 0 aliphatic rings. The second kappa shape index (κ2) is 6.69. The Labute approximate surface area is 110 Å². The zero-order chi connectivity index (χ0) is 14.4. The van der Waals surface area contributed by atoms with Crippen molar-refractivity contribution < 1.29 is 19.6 Å². The summed E-state index contributed by atoms with van der Waals surface area (Å²) in [5.41, 5.74) is 0.0797. The van der Waals surface area contributed by atoms with Gasteiger partial charge in [-0.25, -0.2) is 0 Å².